The lowest BCUT2D eigenvalue weighted by Gasteiger charge is -2.29. The van der Waals surface area contributed by atoms with E-state index in [9.17, 15) is 9.59 Å². The van der Waals surface area contributed by atoms with Crippen molar-refractivity contribution in [1.29, 1.82) is 0 Å². The Kier molecular flexibility index (Phi) is 6.54. The van der Waals surface area contributed by atoms with Gasteiger partial charge in [0.05, 0.1) is 19.4 Å². The van der Waals surface area contributed by atoms with Gasteiger partial charge in [-0.15, -0.1) is 5.01 Å². The number of benzene rings is 1. The SMILES string of the molecule is CCCCOc1ccc(/C=N\N2C(=O)NC3(CCCCC3)C2=O)cc1OCC. The molecule has 1 aromatic rings. The molecule has 2 aliphatic rings. The molecule has 0 radical (unpaired) electrons. The molecule has 3 amide bonds. The fraction of sp³-hybridized carbons (Fsp3) is 0.571. The number of carbonyl (C=O) groups excluding carboxylic acids is 2. The highest BCUT2D eigenvalue weighted by molar-refractivity contribution is 6.07. The van der Waals surface area contributed by atoms with Crippen molar-refractivity contribution >= 4 is 18.2 Å². The summed E-state index contributed by atoms with van der Waals surface area (Å²) < 4.78 is 11.4. The average Bonchev–Trinajstić information content (AvgIpc) is 2.92. The predicted molar refractivity (Wildman–Crippen MR) is 107 cm³/mol. The van der Waals surface area contributed by atoms with E-state index >= 15 is 0 Å². The van der Waals surface area contributed by atoms with Crippen LogP contribution >= 0.6 is 0 Å². The van der Waals surface area contributed by atoms with Crippen molar-refractivity contribution in [2.24, 2.45) is 5.10 Å². The van der Waals surface area contributed by atoms with Crippen LogP contribution in [0, 0.1) is 0 Å². The van der Waals surface area contributed by atoms with Crippen molar-refractivity contribution in [3.05, 3.63) is 23.8 Å². The summed E-state index contributed by atoms with van der Waals surface area (Å²) in [5.41, 5.74) is -0.0309. The van der Waals surface area contributed by atoms with Gasteiger partial charge in [0.1, 0.15) is 5.54 Å². The van der Waals surface area contributed by atoms with Crippen LogP contribution in [0.15, 0.2) is 23.3 Å². The highest BCUT2D eigenvalue weighted by Crippen LogP contribution is 2.34. The molecule has 1 saturated heterocycles. The second-order valence-electron chi connectivity index (χ2n) is 7.28. The van der Waals surface area contributed by atoms with Gasteiger partial charge in [-0.2, -0.15) is 5.10 Å². The second-order valence-corrected chi connectivity index (χ2v) is 7.28. The smallest absolute Gasteiger partial charge is 0.346 e. The number of ether oxygens (including phenoxy) is 2. The molecule has 1 aliphatic heterocycles. The van der Waals surface area contributed by atoms with E-state index in [4.69, 9.17) is 9.47 Å². The Hall–Kier alpha value is -2.57. The van der Waals surface area contributed by atoms with Gasteiger partial charge in [0, 0.05) is 0 Å². The highest BCUT2D eigenvalue weighted by Gasteiger charge is 2.51. The van der Waals surface area contributed by atoms with Crippen molar-refractivity contribution < 1.29 is 19.1 Å². The van der Waals surface area contributed by atoms with E-state index in [-0.39, 0.29) is 5.91 Å². The third kappa shape index (κ3) is 4.29. The van der Waals surface area contributed by atoms with Crippen LogP contribution in [0.2, 0.25) is 0 Å². The zero-order valence-electron chi connectivity index (χ0n) is 16.7. The van der Waals surface area contributed by atoms with Crippen molar-refractivity contribution in [2.75, 3.05) is 13.2 Å². The Balaban J connectivity index is 1.73. The molecule has 7 heteroatoms. The van der Waals surface area contributed by atoms with E-state index in [0.717, 1.165) is 42.7 Å². The Morgan fingerprint density at radius 1 is 1.14 bits per heavy atom. The molecule has 7 nitrogen and oxygen atoms in total. The lowest BCUT2D eigenvalue weighted by molar-refractivity contribution is -0.132. The molecule has 1 aliphatic carbocycles. The lowest BCUT2D eigenvalue weighted by Crippen LogP contribution is -2.48. The number of hydrazone groups is 1. The molecule has 1 aromatic carbocycles. The molecular weight excluding hydrogens is 358 g/mol. The molecule has 3 rings (SSSR count). The quantitative estimate of drug-likeness (QED) is 0.417. The fourth-order valence-corrected chi connectivity index (χ4v) is 3.65. The third-order valence-electron chi connectivity index (χ3n) is 5.19. The molecule has 2 fully saturated rings. The minimum absolute atomic E-state index is 0.252. The Morgan fingerprint density at radius 3 is 2.64 bits per heavy atom. The number of nitrogens with one attached hydrogen (secondary N) is 1. The molecule has 152 valence electrons. The summed E-state index contributed by atoms with van der Waals surface area (Å²) in [6.07, 6.45) is 7.90. The summed E-state index contributed by atoms with van der Waals surface area (Å²) in [6.45, 7) is 5.17. The zero-order chi connectivity index (χ0) is 20.0. The Morgan fingerprint density at radius 2 is 1.93 bits per heavy atom. The fourth-order valence-electron chi connectivity index (χ4n) is 3.65. The van der Waals surface area contributed by atoms with E-state index in [0.29, 0.717) is 37.6 Å². The van der Waals surface area contributed by atoms with Crippen LogP contribution < -0.4 is 14.8 Å². The predicted octanol–water partition coefficient (Wildman–Crippen LogP) is 3.85. The molecule has 1 heterocycles. The van der Waals surface area contributed by atoms with Gasteiger partial charge in [-0.05, 0) is 49.9 Å². The Labute approximate surface area is 166 Å². The van der Waals surface area contributed by atoms with Crippen molar-refractivity contribution in [2.45, 2.75) is 64.3 Å². The van der Waals surface area contributed by atoms with Crippen LogP contribution in [0.3, 0.4) is 0 Å². The van der Waals surface area contributed by atoms with Crippen LogP contribution in [0.1, 0.15) is 64.4 Å². The molecular formula is C21H29N3O4. The summed E-state index contributed by atoms with van der Waals surface area (Å²) in [4.78, 5) is 25.1. The van der Waals surface area contributed by atoms with Crippen molar-refractivity contribution in [3.63, 3.8) is 0 Å². The maximum atomic E-state index is 12.8. The van der Waals surface area contributed by atoms with Gasteiger partial charge < -0.3 is 14.8 Å². The third-order valence-corrected chi connectivity index (χ3v) is 5.19. The van der Waals surface area contributed by atoms with E-state index in [1.165, 1.54) is 6.21 Å². The van der Waals surface area contributed by atoms with Gasteiger partial charge >= 0.3 is 6.03 Å². The lowest BCUT2D eigenvalue weighted by atomic mass is 9.82. The van der Waals surface area contributed by atoms with Crippen LogP contribution in [0.25, 0.3) is 0 Å². The normalized spacial score (nSPS) is 18.7. The van der Waals surface area contributed by atoms with Gasteiger partial charge in [-0.25, -0.2) is 4.79 Å². The standard InChI is InChI=1S/C21H29N3O4/c1-3-5-13-28-17-10-9-16(14-18(17)27-4-2)15-22-24-19(25)21(23-20(24)26)11-7-6-8-12-21/h9-10,14-15H,3-8,11-13H2,1-2H3,(H,23,26)/b22-15-. The van der Waals surface area contributed by atoms with E-state index in [2.05, 4.69) is 17.3 Å². The molecule has 1 N–H and O–H groups in total. The number of imide groups is 1. The minimum atomic E-state index is -0.764. The number of carbonyl (C=O) groups is 2. The maximum Gasteiger partial charge on any atom is 0.346 e. The topological polar surface area (TPSA) is 80.2 Å². The number of unbranched alkanes of at least 4 members (excludes halogenated alkanes) is 1. The summed E-state index contributed by atoms with van der Waals surface area (Å²) in [7, 11) is 0. The number of hydrogen-bond acceptors (Lipinski definition) is 5. The summed E-state index contributed by atoms with van der Waals surface area (Å²) in [5, 5.41) is 7.97. The molecule has 0 atom stereocenters. The molecule has 0 unspecified atom stereocenters. The van der Waals surface area contributed by atoms with Crippen LogP contribution in [-0.2, 0) is 4.79 Å². The molecule has 0 aromatic heterocycles. The zero-order valence-corrected chi connectivity index (χ0v) is 16.7. The second kappa shape index (κ2) is 9.08. The first-order chi connectivity index (χ1) is 13.6. The number of urea groups is 1. The van der Waals surface area contributed by atoms with Gasteiger partial charge in [-0.1, -0.05) is 32.6 Å². The first-order valence-electron chi connectivity index (χ1n) is 10.2. The largest absolute Gasteiger partial charge is 0.490 e. The first-order valence-corrected chi connectivity index (χ1v) is 10.2. The van der Waals surface area contributed by atoms with Gasteiger partial charge in [-0.3, -0.25) is 4.79 Å². The molecule has 1 saturated carbocycles. The number of nitrogens with zero attached hydrogens (tertiary/aromatic N) is 2. The summed E-state index contributed by atoms with van der Waals surface area (Å²) in [5.74, 6) is 1.06. The van der Waals surface area contributed by atoms with Crippen molar-refractivity contribution in [3.8, 4) is 11.5 Å². The highest BCUT2D eigenvalue weighted by atomic mass is 16.5. The monoisotopic (exact) mass is 387 g/mol. The summed E-state index contributed by atoms with van der Waals surface area (Å²) >= 11 is 0. The van der Waals surface area contributed by atoms with Gasteiger partial charge in [0.25, 0.3) is 5.91 Å². The minimum Gasteiger partial charge on any atom is -0.490 e. The van der Waals surface area contributed by atoms with Crippen LogP contribution in [-0.4, -0.2) is 41.9 Å². The van der Waals surface area contributed by atoms with Crippen LogP contribution in [0.4, 0.5) is 4.79 Å². The summed E-state index contributed by atoms with van der Waals surface area (Å²) in [6, 6.07) is 5.02. The van der Waals surface area contributed by atoms with E-state index < -0.39 is 11.6 Å². The van der Waals surface area contributed by atoms with Gasteiger partial charge in [0.15, 0.2) is 11.5 Å². The number of hydrogen-bond donors (Lipinski definition) is 1. The first kappa shape index (κ1) is 20.2. The van der Waals surface area contributed by atoms with E-state index in [1.807, 2.05) is 25.1 Å². The maximum absolute atomic E-state index is 12.8. The molecule has 1 spiro atoms. The Bertz CT molecular complexity index is 741. The molecule has 0 bridgehead atoms. The number of amides is 3. The van der Waals surface area contributed by atoms with Crippen LogP contribution in [0.5, 0.6) is 11.5 Å². The van der Waals surface area contributed by atoms with E-state index in [1.54, 1.807) is 0 Å². The van der Waals surface area contributed by atoms with Crippen molar-refractivity contribution in [1.82, 2.24) is 10.3 Å². The van der Waals surface area contributed by atoms with Gasteiger partial charge in [0.2, 0.25) is 0 Å². The number of rotatable bonds is 8. The molecule has 28 heavy (non-hydrogen) atoms. The average molecular weight is 387 g/mol.